The van der Waals surface area contributed by atoms with Gasteiger partial charge in [-0.1, -0.05) is 36.4 Å². The molecule has 0 radical (unpaired) electrons. The van der Waals surface area contributed by atoms with Crippen molar-refractivity contribution in [3.8, 4) is 12.1 Å². The number of nitriles is 2. The van der Waals surface area contributed by atoms with E-state index in [4.69, 9.17) is 0 Å². The van der Waals surface area contributed by atoms with Crippen LogP contribution in [0.25, 0.3) is 0 Å². The first-order valence-electron chi connectivity index (χ1n) is 6.67. The highest BCUT2D eigenvalue weighted by atomic mass is 15.3. The van der Waals surface area contributed by atoms with Gasteiger partial charge in [0.25, 0.3) is 0 Å². The Kier molecular flexibility index (Phi) is 3.63. The van der Waals surface area contributed by atoms with Gasteiger partial charge in [-0.25, -0.2) is 9.67 Å². The minimum atomic E-state index is -0.366. The molecule has 0 aliphatic heterocycles. The van der Waals surface area contributed by atoms with E-state index in [1.807, 2.05) is 36.4 Å². The molecule has 0 saturated heterocycles. The van der Waals surface area contributed by atoms with Crippen molar-refractivity contribution in [2.45, 2.75) is 6.04 Å². The summed E-state index contributed by atoms with van der Waals surface area (Å²) in [5.74, 6) is 0. The fourth-order valence-electron chi connectivity index (χ4n) is 2.48. The predicted octanol–water partition coefficient (Wildman–Crippen LogP) is 2.66. The minimum absolute atomic E-state index is 0.366. The average molecular weight is 285 g/mol. The monoisotopic (exact) mass is 285 g/mol. The molecule has 0 saturated carbocycles. The summed E-state index contributed by atoms with van der Waals surface area (Å²) < 4.78 is 1.66. The van der Waals surface area contributed by atoms with Gasteiger partial charge in [0.2, 0.25) is 0 Å². The van der Waals surface area contributed by atoms with Crippen molar-refractivity contribution in [1.29, 1.82) is 10.5 Å². The second-order valence-electron chi connectivity index (χ2n) is 4.68. The summed E-state index contributed by atoms with van der Waals surface area (Å²) in [4.78, 5) is 3.99. The van der Waals surface area contributed by atoms with Crippen LogP contribution in [-0.4, -0.2) is 14.8 Å². The van der Waals surface area contributed by atoms with Crippen molar-refractivity contribution in [1.82, 2.24) is 14.8 Å². The molecule has 1 heterocycles. The van der Waals surface area contributed by atoms with E-state index in [2.05, 4.69) is 22.2 Å². The van der Waals surface area contributed by atoms with Gasteiger partial charge in [-0.3, -0.25) is 0 Å². The zero-order chi connectivity index (χ0) is 15.4. The number of hydrogen-bond donors (Lipinski definition) is 0. The van der Waals surface area contributed by atoms with Crippen molar-refractivity contribution in [3.05, 3.63) is 83.4 Å². The second kappa shape index (κ2) is 5.90. The Morgan fingerprint density at radius 3 is 1.86 bits per heavy atom. The lowest BCUT2D eigenvalue weighted by Crippen LogP contribution is -2.15. The van der Waals surface area contributed by atoms with Crippen molar-refractivity contribution < 1.29 is 0 Å². The minimum Gasteiger partial charge on any atom is -0.241 e. The van der Waals surface area contributed by atoms with Gasteiger partial charge < -0.3 is 0 Å². The smallest absolute Gasteiger partial charge is 0.137 e. The third-order valence-electron chi connectivity index (χ3n) is 3.45. The second-order valence-corrected chi connectivity index (χ2v) is 4.68. The molecule has 0 unspecified atom stereocenters. The molecule has 3 aromatic rings. The van der Waals surface area contributed by atoms with Crippen LogP contribution in [0.15, 0.2) is 61.2 Å². The van der Waals surface area contributed by atoms with E-state index in [-0.39, 0.29) is 6.04 Å². The Bertz CT molecular complexity index is 811. The highest BCUT2D eigenvalue weighted by Crippen LogP contribution is 2.30. The molecule has 104 valence electrons. The van der Waals surface area contributed by atoms with Crippen LogP contribution >= 0.6 is 0 Å². The van der Waals surface area contributed by atoms with Gasteiger partial charge in [-0.15, -0.1) is 0 Å². The molecule has 3 rings (SSSR count). The first-order chi connectivity index (χ1) is 10.8. The van der Waals surface area contributed by atoms with E-state index < -0.39 is 0 Å². The van der Waals surface area contributed by atoms with E-state index in [1.54, 1.807) is 23.1 Å². The van der Waals surface area contributed by atoms with E-state index in [0.29, 0.717) is 11.1 Å². The molecule has 1 aromatic heterocycles. The molecule has 0 bridgehead atoms. The molecular formula is C17H11N5. The van der Waals surface area contributed by atoms with Crippen LogP contribution in [0.3, 0.4) is 0 Å². The molecule has 5 nitrogen and oxygen atoms in total. The molecule has 0 atom stereocenters. The quantitative estimate of drug-likeness (QED) is 0.741. The van der Waals surface area contributed by atoms with Gasteiger partial charge in [0.05, 0.1) is 23.3 Å². The van der Waals surface area contributed by atoms with Crippen LogP contribution in [0.4, 0.5) is 0 Å². The Hall–Kier alpha value is -3.44. The molecular weight excluding hydrogens is 274 g/mol. The number of benzene rings is 2. The van der Waals surface area contributed by atoms with E-state index in [1.165, 1.54) is 6.33 Å². The van der Waals surface area contributed by atoms with Crippen molar-refractivity contribution in [2.24, 2.45) is 0 Å². The van der Waals surface area contributed by atoms with Gasteiger partial charge in [0.1, 0.15) is 18.7 Å². The zero-order valence-corrected chi connectivity index (χ0v) is 11.6. The van der Waals surface area contributed by atoms with Crippen LogP contribution < -0.4 is 0 Å². The lowest BCUT2D eigenvalue weighted by atomic mass is 9.92. The van der Waals surface area contributed by atoms with E-state index in [0.717, 1.165) is 11.1 Å². The largest absolute Gasteiger partial charge is 0.241 e. The molecule has 0 aliphatic carbocycles. The molecule has 5 heteroatoms. The molecule has 2 aromatic carbocycles. The maximum absolute atomic E-state index is 9.38. The first-order valence-corrected chi connectivity index (χ1v) is 6.67. The average Bonchev–Trinajstić information content (AvgIpc) is 3.10. The normalized spacial score (nSPS) is 10.1. The zero-order valence-electron chi connectivity index (χ0n) is 11.6. The fraction of sp³-hybridized carbons (Fsp3) is 0.0588. The Morgan fingerprint density at radius 1 is 0.864 bits per heavy atom. The number of nitrogens with zero attached hydrogens (tertiary/aromatic N) is 5. The van der Waals surface area contributed by atoms with Crippen molar-refractivity contribution in [3.63, 3.8) is 0 Å². The van der Waals surface area contributed by atoms with Crippen molar-refractivity contribution in [2.75, 3.05) is 0 Å². The summed E-state index contributed by atoms with van der Waals surface area (Å²) in [5.41, 5.74) is 2.68. The summed E-state index contributed by atoms with van der Waals surface area (Å²) >= 11 is 0. The Balaban J connectivity index is 2.27. The summed E-state index contributed by atoms with van der Waals surface area (Å²) in [6.45, 7) is 0. The van der Waals surface area contributed by atoms with Gasteiger partial charge in [0.15, 0.2) is 0 Å². The van der Waals surface area contributed by atoms with Crippen LogP contribution in [0.5, 0.6) is 0 Å². The van der Waals surface area contributed by atoms with Crippen molar-refractivity contribution >= 4 is 0 Å². The van der Waals surface area contributed by atoms with Gasteiger partial charge >= 0.3 is 0 Å². The molecule has 22 heavy (non-hydrogen) atoms. The first kappa shape index (κ1) is 13.5. The van der Waals surface area contributed by atoms with Crippen LogP contribution in [-0.2, 0) is 0 Å². The lowest BCUT2D eigenvalue weighted by molar-refractivity contribution is 0.592. The third-order valence-corrected chi connectivity index (χ3v) is 3.45. The fourth-order valence-corrected chi connectivity index (χ4v) is 2.48. The summed E-state index contributed by atoms with van der Waals surface area (Å²) in [6, 6.07) is 18.7. The topological polar surface area (TPSA) is 78.3 Å². The number of rotatable bonds is 3. The molecule has 0 aliphatic rings. The summed E-state index contributed by atoms with van der Waals surface area (Å²) in [6.07, 6.45) is 3.03. The van der Waals surface area contributed by atoms with Crippen LogP contribution in [0.1, 0.15) is 28.3 Å². The number of hydrogen-bond acceptors (Lipinski definition) is 4. The van der Waals surface area contributed by atoms with Gasteiger partial charge in [0, 0.05) is 0 Å². The summed E-state index contributed by atoms with van der Waals surface area (Å²) in [5, 5.41) is 23.0. The summed E-state index contributed by atoms with van der Waals surface area (Å²) in [7, 11) is 0. The molecule has 0 amide bonds. The SMILES string of the molecule is N#Cc1ccccc1C(c1ccccc1C#N)n1cncn1. The maximum atomic E-state index is 9.38. The Morgan fingerprint density at radius 2 is 1.41 bits per heavy atom. The molecule has 0 spiro atoms. The molecule has 0 N–H and O–H groups in total. The highest BCUT2D eigenvalue weighted by Gasteiger charge is 2.22. The van der Waals surface area contributed by atoms with Crippen LogP contribution in [0.2, 0.25) is 0 Å². The predicted molar refractivity (Wildman–Crippen MR) is 79.6 cm³/mol. The maximum Gasteiger partial charge on any atom is 0.137 e. The van der Waals surface area contributed by atoms with Gasteiger partial charge in [-0.05, 0) is 23.3 Å². The number of aromatic nitrogens is 3. The highest BCUT2D eigenvalue weighted by molar-refractivity contribution is 5.48. The van der Waals surface area contributed by atoms with E-state index >= 15 is 0 Å². The Labute approximate surface area is 127 Å². The van der Waals surface area contributed by atoms with Gasteiger partial charge in [-0.2, -0.15) is 15.6 Å². The lowest BCUT2D eigenvalue weighted by Gasteiger charge is -2.20. The van der Waals surface area contributed by atoms with E-state index in [9.17, 15) is 10.5 Å². The standard InChI is InChI=1S/C17H11N5/c18-9-13-5-1-3-7-15(13)17(22-12-20-11-21-22)16-8-4-2-6-14(16)10-19/h1-8,11-12,17H. The molecule has 0 fully saturated rings. The third kappa shape index (κ3) is 2.32. The van der Waals surface area contributed by atoms with Crippen LogP contribution in [0, 0.1) is 22.7 Å².